The minimum atomic E-state index is -3.81. The maximum atomic E-state index is 12.9. The Morgan fingerprint density at radius 2 is 0.936 bits per heavy atom. The molecule has 0 aliphatic rings. The van der Waals surface area contributed by atoms with Crippen LogP contribution in [-0.4, -0.2) is 41.0 Å². The molecule has 0 spiro atoms. The number of carbonyl (C=O) groups excluding carboxylic acids is 1. The van der Waals surface area contributed by atoms with E-state index in [1.807, 2.05) is 55.5 Å². The zero-order chi connectivity index (χ0) is 32.8. The number of aromatic nitrogens is 4. The predicted octanol–water partition coefficient (Wildman–Crippen LogP) is 6.97. The van der Waals surface area contributed by atoms with Crippen LogP contribution in [0.3, 0.4) is 0 Å². The van der Waals surface area contributed by atoms with Crippen LogP contribution in [0.15, 0.2) is 144 Å². The van der Waals surface area contributed by atoms with Gasteiger partial charge in [-0.2, -0.15) is 0 Å². The molecule has 11 heteroatoms. The van der Waals surface area contributed by atoms with Crippen molar-refractivity contribution in [2.45, 2.75) is 16.7 Å². The van der Waals surface area contributed by atoms with Crippen molar-refractivity contribution < 1.29 is 21.6 Å². The first-order chi connectivity index (χ1) is 22.7. The molecule has 0 saturated heterocycles. The van der Waals surface area contributed by atoms with Crippen molar-refractivity contribution in [2.24, 2.45) is 0 Å². The van der Waals surface area contributed by atoms with Gasteiger partial charge in [-0.1, -0.05) is 72.8 Å². The molecule has 232 valence electrons. The number of rotatable bonds is 5. The highest BCUT2D eigenvalue weighted by atomic mass is 32.2. The quantitative estimate of drug-likeness (QED) is 0.183. The lowest BCUT2D eigenvalue weighted by atomic mass is 10.1. The summed E-state index contributed by atoms with van der Waals surface area (Å²) in [4.78, 5) is 20.8. The van der Waals surface area contributed by atoms with Gasteiger partial charge in [0.1, 0.15) is 5.69 Å². The zero-order valence-electron chi connectivity index (χ0n) is 24.9. The van der Waals surface area contributed by atoms with Gasteiger partial charge in [-0.3, -0.25) is 9.78 Å². The molecule has 0 N–H and O–H groups in total. The minimum absolute atomic E-state index is 0.105. The fourth-order valence-corrected chi connectivity index (χ4v) is 8.58. The van der Waals surface area contributed by atoms with Gasteiger partial charge in [-0.25, -0.2) is 29.8 Å². The standard InChI is InChI=1S/C18H12N2O3S.C18H14N2O2S/c21-12-17-18-15(14-8-4-5-9-16(14)19-17)10-11-20(18)24(22,23)13-6-2-1-3-7-13;1-13-18-16(15-9-5-6-10-17(15)19-13)11-12-20(18)23(21,22)14-7-3-2-4-8-14/h1-12H;2-12H,1H3. The molecular weight excluding hydrogens is 633 g/mol. The molecule has 0 atom stereocenters. The van der Waals surface area contributed by atoms with E-state index in [1.54, 1.807) is 66.9 Å². The first-order valence-electron chi connectivity index (χ1n) is 14.5. The Labute approximate surface area is 270 Å². The van der Waals surface area contributed by atoms with E-state index in [-0.39, 0.29) is 15.5 Å². The predicted molar refractivity (Wildman–Crippen MR) is 183 cm³/mol. The van der Waals surface area contributed by atoms with Crippen molar-refractivity contribution in [2.75, 3.05) is 0 Å². The molecule has 4 heterocycles. The fraction of sp³-hybridized carbons (Fsp3) is 0.0278. The summed E-state index contributed by atoms with van der Waals surface area (Å²) in [6.07, 6.45) is 3.66. The second kappa shape index (κ2) is 11.6. The number of aryl methyl sites for hydroxylation is 1. The summed E-state index contributed by atoms with van der Waals surface area (Å²) in [5, 5.41) is 3.34. The number of pyridine rings is 2. The summed E-state index contributed by atoms with van der Waals surface area (Å²) in [5.74, 6) is 0. The first-order valence-corrected chi connectivity index (χ1v) is 17.4. The van der Waals surface area contributed by atoms with Gasteiger partial charge < -0.3 is 0 Å². The monoisotopic (exact) mass is 658 g/mol. The summed E-state index contributed by atoms with van der Waals surface area (Å²) >= 11 is 0. The third-order valence-electron chi connectivity index (χ3n) is 7.92. The van der Waals surface area contributed by atoms with Crippen LogP contribution in [0.1, 0.15) is 16.2 Å². The van der Waals surface area contributed by atoms with Gasteiger partial charge in [0.05, 0.1) is 37.6 Å². The maximum absolute atomic E-state index is 12.9. The molecule has 0 bridgehead atoms. The molecule has 4 aromatic heterocycles. The van der Waals surface area contributed by atoms with Crippen LogP contribution in [0.4, 0.5) is 0 Å². The second-order valence-electron chi connectivity index (χ2n) is 10.7. The number of aldehydes is 1. The Morgan fingerprint density at radius 1 is 0.511 bits per heavy atom. The maximum Gasteiger partial charge on any atom is 0.268 e. The van der Waals surface area contributed by atoms with E-state index in [0.29, 0.717) is 33.9 Å². The van der Waals surface area contributed by atoms with Crippen LogP contribution in [0.25, 0.3) is 43.6 Å². The normalized spacial score (nSPS) is 11.9. The smallest absolute Gasteiger partial charge is 0.268 e. The Kier molecular flexibility index (Phi) is 7.42. The Morgan fingerprint density at radius 3 is 1.45 bits per heavy atom. The molecule has 8 rings (SSSR count). The van der Waals surface area contributed by atoms with Crippen molar-refractivity contribution in [3.8, 4) is 0 Å². The number of benzene rings is 4. The third-order valence-corrected chi connectivity index (χ3v) is 11.3. The SMILES string of the molecule is Cc1nc2ccccc2c2ccn(S(=O)(=O)c3ccccc3)c12.O=Cc1nc2ccccc2c2ccn(S(=O)(=O)c3ccccc3)c12. The van der Waals surface area contributed by atoms with E-state index < -0.39 is 20.0 Å². The zero-order valence-corrected chi connectivity index (χ0v) is 26.6. The lowest BCUT2D eigenvalue weighted by Crippen LogP contribution is -2.13. The molecule has 47 heavy (non-hydrogen) atoms. The second-order valence-corrected chi connectivity index (χ2v) is 14.4. The Bertz CT molecular complexity index is 2690. The molecule has 0 amide bonds. The van der Waals surface area contributed by atoms with E-state index in [1.165, 1.54) is 22.3 Å². The van der Waals surface area contributed by atoms with Crippen molar-refractivity contribution >= 4 is 69.9 Å². The number of hydrogen-bond acceptors (Lipinski definition) is 7. The largest absolute Gasteiger partial charge is 0.296 e. The molecule has 4 aromatic carbocycles. The molecule has 9 nitrogen and oxygen atoms in total. The topological polar surface area (TPSA) is 121 Å². The van der Waals surface area contributed by atoms with Gasteiger partial charge in [0, 0.05) is 33.9 Å². The van der Waals surface area contributed by atoms with Crippen LogP contribution < -0.4 is 0 Å². The molecule has 8 aromatic rings. The summed E-state index contributed by atoms with van der Waals surface area (Å²) in [6, 6.07) is 35.2. The van der Waals surface area contributed by atoms with E-state index in [2.05, 4.69) is 9.97 Å². The number of nitrogens with zero attached hydrogens (tertiary/aromatic N) is 4. The number of carbonyl (C=O) groups is 1. The van der Waals surface area contributed by atoms with Crippen LogP contribution in [-0.2, 0) is 20.0 Å². The Hall–Kier alpha value is -5.65. The van der Waals surface area contributed by atoms with Crippen LogP contribution in [0.2, 0.25) is 0 Å². The van der Waals surface area contributed by atoms with Crippen molar-refractivity contribution in [1.82, 2.24) is 17.9 Å². The van der Waals surface area contributed by atoms with Crippen LogP contribution in [0.5, 0.6) is 0 Å². The van der Waals surface area contributed by atoms with E-state index in [4.69, 9.17) is 0 Å². The molecule has 0 saturated carbocycles. The van der Waals surface area contributed by atoms with E-state index in [9.17, 15) is 21.6 Å². The number of para-hydroxylation sites is 2. The summed E-state index contributed by atoms with van der Waals surface area (Å²) in [7, 11) is -7.44. The molecule has 0 fully saturated rings. The highest BCUT2D eigenvalue weighted by Crippen LogP contribution is 2.31. The lowest BCUT2D eigenvalue weighted by molar-refractivity contribution is 0.112. The van der Waals surface area contributed by atoms with E-state index >= 15 is 0 Å². The highest BCUT2D eigenvalue weighted by Gasteiger charge is 2.23. The van der Waals surface area contributed by atoms with Crippen molar-refractivity contribution in [3.63, 3.8) is 0 Å². The molecule has 0 radical (unpaired) electrons. The van der Waals surface area contributed by atoms with Crippen molar-refractivity contribution in [3.05, 3.63) is 145 Å². The summed E-state index contributed by atoms with van der Waals surface area (Å²) in [5.41, 5.74) is 3.26. The number of fused-ring (bicyclic) bond motifs is 6. The van der Waals surface area contributed by atoms with Gasteiger partial charge >= 0.3 is 0 Å². The molecular formula is C36H26N4O5S2. The van der Waals surface area contributed by atoms with Crippen LogP contribution >= 0.6 is 0 Å². The lowest BCUT2D eigenvalue weighted by Gasteiger charge is -2.10. The average Bonchev–Trinajstić information content (AvgIpc) is 3.77. The Balaban J connectivity index is 0.000000150. The highest BCUT2D eigenvalue weighted by molar-refractivity contribution is 7.90. The minimum Gasteiger partial charge on any atom is -0.296 e. The molecule has 0 aliphatic heterocycles. The van der Waals surface area contributed by atoms with Crippen LogP contribution in [0, 0.1) is 6.92 Å². The van der Waals surface area contributed by atoms with Gasteiger partial charge in [0.25, 0.3) is 20.0 Å². The van der Waals surface area contributed by atoms with Gasteiger partial charge in [-0.05, 0) is 55.5 Å². The molecule has 0 aliphatic carbocycles. The summed E-state index contributed by atoms with van der Waals surface area (Å²) < 4.78 is 54.2. The van der Waals surface area contributed by atoms with Gasteiger partial charge in [0.15, 0.2) is 6.29 Å². The third kappa shape index (κ3) is 5.05. The van der Waals surface area contributed by atoms with E-state index in [0.717, 1.165) is 25.6 Å². The molecule has 0 unspecified atom stereocenters. The first kappa shape index (κ1) is 30.0. The van der Waals surface area contributed by atoms with Crippen molar-refractivity contribution in [1.29, 1.82) is 0 Å². The average molecular weight is 659 g/mol. The number of hydrogen-bond donors (Lipinski definition) is 0. The van der Waals surface area contributed by atoms with Gasteiger partial charge in [0.2, 0.25) is 0 Å². The summed E-state index contributed by atoms with van der Waals surface area (Å²) in [6.45, 7) is 1.84. The van der Waals surface area contributed by atoms with Gasteiger partial charge in [-0.15, -0.1) is 0 Å². The fourth-order valence-electron chi connectivity index (χ4n) is 5.78.